The molecule has 0 aliphatic heterocycles. The van der Waals surface area contributed by atoms with Crippen LogP contribution in [0.2, 0.25) is 5.02 Å². The second-order valence-electron chi connectivity index (χ2n) is 4.57. The average Bonchev–Trinajstić information content (AvgIpc) is 2.40. The van der Waals surface area contributed by atoms with Crippen LogP contribution in [-0.4, -0.2) is 13.5 Å². The lowest BCUT2D eigenvalue weighted by Gasteiger charge is -2.09. The van der Waals surface area contributed by atoms with Crippen molar-refractivity contribution in [3.63, 3.8) is 0 Å². The van der Waals surface area contributed by atoms with Gasteiger partial charge in [0.2, 0.25) is 0 Å². The maximum absolute atomic E-state index is 12.1. The molecule has 0 unspecified atom stereocenters. The lowest BCUT2D eigenvalue weighted by atomic mass is 10.1. The molecule has 6 heteroatoms. The first kappa shape index (κ1) is 15.7. The van der Waals surface area contributed by atoms with Crippen molar-refractivity contribution in [1.82, 2.24) is 0 Å². The summed E-state index contributed by atoms with van der Waals surface area (Å²) < 4.78 is 29.2. The number of aromatic hydroxyl groups is 1. The molecule has 0 saturated carbocycles. The number of phenolic OH excluding ortho intramolecular Hbond substituents is 1. The van der Waals surface area contributed by atoms with Crippen LogP contribution < -0.4 is 4.18 Å². The summed E-state index contributed by atoms with van der Waals surface area (Å²) in [5.41, 5.74) is 1.26. The van der Waals surface area contributed by atoms with Gasteiger partial charge >= 0.3 is 10.1 Å². The molecule has 0 fully saturated rings. The van der Waals surface area contributed by atoms with Crippen LogP contribution in [0.1, 0.15) is 18.1 Å². The molecule has 0 aliphatic carbocycles. The first-order valence-electron chi connectivity index (χ1n) is 6.38. The van der Waals surface area contributed by atoms with E-state index in [-0.39, 0.29) is 17.3 Å². The Bertz CT molecular complexity index is 741. The minimum absolute atomic E-state index is 0.0303. The van der Waals surface area contributed by atoms with E-state index in [9.17, 15) is 13.5 Å². The highest BCUT2D eigenvalue weighted by Gasteiger charge is 2.16. The second kappa shape index (κ2) is 6.37. The highest BCUT2D eigenvalue weighted by atomic mass is 35.5. The number of halogens is 1. The summed E-state index contributed by atoms with van der Waals surface area (Å²) in [4.78, 5) is 0. The van der Waals surface area contributed by atoms with E-state index in [1.165, 1.54) is 6.07 Å². The molecule has 0 saturated heterocycles. The molecule has 112 valence electrons. The van der Waals surface area contributed by atoms with Gasteiger partial charge in [-0.25, -0.2) is 0 Å². The summed E-state index contributed by atoms with van der Waals surface area (Å²) in [6.07, 6.45) is 0.662. The van der Waals surface area contributed by atoms with Gasteiger partial charge in [0.1, 0.15) is 17.3 Å². The van der Waals surface area contributed by atoms with Crippen molar-refractivity contribution in [2.24, 2.45) is 0 Å². The van der Waals surface area contributed by atoms with Crippen LogP contribution in [0, 0.1) is 0 Å². The molecule has 0 heterocycles. The largest absolute Gasteiger partial charge is 0.508 e. The molecule has 0 bridgehead atoms. The molecule has 4 nitrogen and oxygen atoms in total. The number of phenols is 1. The minimum Gasteiger partial charge on any atom is -0.508 e. The maximum Gasteiger partial charge on any atom is 0.313 e. The Balaban J connectivity index is 2.22. The van der Waals surface area contributed by atoms with Crippen molar-refractivity contribution in [3.8, 4) is 11.5 Å². The molecular weight excluding hydrogens is 312 g/mol. The Kier molecular flexibility index (Phi) is 4.75. The standard InChI is InChI=1S/C15H15ClO4S/c1-2-11-7-13(17)9-14(8-11)20-21(18,19)10-12-5-3-4-6-15(12)16/h3-9,17H,2,10H2,1H3. The van der Waals surface area contributed by atoms with E-state index in [2.05, 4.69) is 0 Å². The number of benzene rings is 2. The Morgan fingerprint density at radius 2 is 1.90 bits per heavy atom. The van der Waals surface area contributed by atoms with E-state index in [0.29, 0.717) is 17.0 Å². The number of hydrogen-bond acceptors (Lipinski definition) is 4. The molecule has 21 heavy (non-hydrogen) atoms. The van der Waals surface area contributed by atoms with Gasteiger partial charge in [0.25, 0.3) is 0 Å². The molecule has 0 amide bonds. The summed E-state index contributed by atoms with van der Waals surface area (Å²) in [6, 6.07) is 11.1. The zero-order valence-corrected chi connectivity index (χ0v) is 13.0. The van der Waals surface area contributed by atoms with E-state index < -0.39 is 10.1 Å². The third-order valence-electron chi connectivity index (χ3n) is 2.87. The SMILES string of the molecule is CCc1cc(O)cc(OS(=O)(=O)Cc2ccccc2Cl)c1. The third-order valence-corrected chi connectivity index (χ3v) is 4.35. The molecule has 2 rings (SSSR count). The minimum atomic E-state index is -3.85. The fraction of sp³-hybridized carbons (Fsp3) is 0.200. The normalized spacial score (nSPS) is 11.3. The van der Waals surface area contributed by atoms with Crippen LogP contribution in [0.3, 0.4) is 0 Å². The Morgan fingerprint density at radius 3 is 2.57 bits per heavy atom. The van der Waals surface area contributed by atoms with Crippen molar-refractivity contribution < 1.29 is 17.7 Å². The monoisotopic (exact) mass is 326 g/mol. The summed E-state index contributed by atoms with van der Waals surface area (Å²) in [5, 5.41) is 9.93. The van der Waals surface area contributed by atoms with Crippen LogP contribution in [-0.2, 0) is 22.3 Å². The van der Waals surface area contributed by atoms with Crippen LogP contribution in [0.5, 0.6) is 11.5 Å². The lowest BCUT2D eigenvalue weighted by molar-refractivity contribution is 0.462. The molecule has 0 radical (unpaired) electrons. The fourth-order valence-electron chi connectivity index (χ4n) is 1.88. The van der Waals surface area contributed by atoms with Crippen molar-refractivity contribution in [2.45, 2.75) is 19.1 Å². The third kappa shape index (κ3) is 4.37. The molecular formula is C15H15ClO4S. The van der Waals surface area contributed by atoms with Gasteiger partial charge in [0.05, 0.1) is 0 Å². The molecule has 2 aromatic rings. The Hall–Kier alpha value is -1.72. The number of rotatable bonds is 5. The first-order valence-corrected chi connectivity index (χ1v) is 8.33. The van der Waals surface area contributed by atoms with Gasteiger partial charge in [0.15, 0.2) is 0 Å². The second-order valence-corrected chi connectivity index (χ2v) is 6.54. The van der Waals surface area contributed by atoms with Gasteiger partial charge in [-0.2, -0.15) is 8.42 Å². The lowest BCUT2D eigenvalue weighted by Crippen LogP contribution is -2.12. The Morgan fingerprint density at radius 1 is 1.19 bits per heavy atom. The van der Waals surface area contributed by atoms with Crippen molar-refractivity contribution in [2.75, 3.05) is 0 Å². The zero-order chi connectivity index (χ0) is 15.5. The van der Waals surface area contributed by atoms with E-state index in [1.54, 1.807) is 36.4 Å². The molecule has 1 N–H and O–H groups in total. The van der Waals surface area contributed by atoms with Crippen LogP contribution >= 0.6 is 11.6 Å². The molecule has 0 aliphatic rings. The highest BCUT2D eigenvalue weighted by Crippen LogP contribution is 2.25. The van der Waals surface area contributed by atoms with E-state index in [4.69, 9.17) is 15.8 Å². The summed E-state index contributed by atoms with van der Waals surface area (Å²) in [6.45, 7) is 1.90. The summed E-state index contributed by atoms with van der Waals surface area (Å²) in [5.74, 6) is -0.264. The van der Waals surface area contributed by atoms with Crippen molar-refractivity contribution in [1.29, 1.82) is 0 Å². The van der Waals surface area contributed by atoms with Gasteiger partial charge in [-0.15, -0.1) is 0 Å². The smallest absolute Gasteiger partial charge is 0.313 e. The topological polar surface area (TPSA) is 63.6 Å². The Labute approximate surface area is 129 Å². The highest BCUT2D eigenvalue weighted by molar-refractivity contribution is 7.86. The quantitative estimate of drug-likeness (QED) is 0.854. The van der Waals surface area contributed by atoms with Crippen molar-refractivity contribution >= 4 is 21.7 Å². The van der Waals surface area contributed by atoms with Gasteiger partial charge in [0, 0.05) is 11.1 Å². The fourth-order valence-corrected chi connectivity index (χ4v) is 3.24. The molecule has 0 atom stereocenters. The van der Waals surface area contributed by atoms with E-state index in [1.807, 2.05) is 6.92 Å². The van der Waals surface area contributed by atoms with E-state index >= 15 is 0 Å². The van der Waals surface area contributed by atoms with E-state index in [0.717, 1.165) is 5.56 Å². The van der Waals surface area contributed by atoms with Crippen LogP contribution in [0.25, 0.3) is 0 Å². The van der Waals surface area contributed by atoms with Crippen LogP contribution in [0.15, 0.2) is 42.5 Å². The van der Waals surface area contributed by atoms with Gasteiger partial charge in [-0.3, -0.25) is 0 Å². The molecule has 0 aromatic heterocycles. The van der Waals surface area contributed by atoms with Crippen LogP contribution in [0.4, 0.5) is 0 Å². The average molecular weight is 327 g/mol. The van der Waals surface area contributed by atoms with Gasteiger partial charge < -0.3 is 9.29 Å². The number of aryl methyl sites for hydroxylation is 1. The first-order chi connectivity index (χ1) is 9.89. The van der Waals surface area contributed by atoms with Gasteiger partial charge in [-0.1, -0.05) is 36.7 Å². The van der Waals surface area contributed by atoms with Crippen molar-refractivity contribution in [3.05, 3.63) is 58.6 Å². The predicted molar refractivity (Wildman–Crippen MR) is 82.2 cm³/mol. The summed E-state index contributed by atoms with van der Waals surface area (Å²) in [7, 11) is -3.85. The maximum atomic E-state index is 12.1. The predicted octanol–water partition coefficient (Wildman–Crippen LogP) is 3.52. The molecule has 2 aromatic carbocycles. The number of hydrogen-bond donors (Lipinski definition) is 1. The summed E-state index contributed by atoms with van der Waals surface area (Å²) >= 11 is 5.95. The molecule has 0 spiro atoms. The van der Waals surface area contributed by atoms with Gasteiger partial charge in [-0.05, 0) is 35.7 Å². The zero-order valence-electron chi connectivity index (χ0n) is 11.4.